The molecule has 1 atom stereocenters. The molecular formula is C14H13N5O3. The van der Waals surface area contributed by atoms with Crippen molar-refractivity contribution in [3.63, 3.8) is 0 Å². The monoisotopic (exact) mass is 299 g/mol. The van der Waals surface area contributed by atoms with Crippen molar-refractivity contribution in [3.8, 4) is 0 Å². The Morgan fingerprint density at radius 2 is 2.14 bits per heavy atom. The Hall–Kier alpha value is -3.03. The first-order valence-electron chi connectivity index (χ1n) is 6.64. The lowest BCUT2D eigenvalue weighted by molar-refractivity contribution is -0.119. The maximum atomic E-state index is 12.4. The number of aryl methyl sites for hydroxylation is 1. The van der Waals surface area contributed by atoms with Crippen LogP contribution >= 0.6 is 0 Å². The number of fused-ring (bicyclic) bond motifs is 1. The molecule has 8 heteroatoms. The Morgan fingerprint density at radius 3 is 2.86 bits per heavy atom. The maximum absolute atomic E-state index is 12.4. The van der Waals surface area contributed by atoms with E-state index in [2.05, 4.69) is 20.8 Å². The Morgan fingerprint density at radius 1 is 1.36 bits per heavy atom. The van der Waals surface area contributed by atoms with Gasteiger partial charge in [-0.25, -0.2) is 0 Å². The minimum atomic E-state index is -0.838. The number of hydrogen-bond donors (Lipinski definition) is 1. The molecule has 0 saturated carbocycles. The van der Waals surface area contributed by atoms with Crippen LogP contribution in [0.4, 0.5) is 5.88 Å². The van der Waals surface area contributed by atoms with Crippen LogP contribution in [0.5, 0.6) is 0 Å². The smallest absolute Gasteiger partial charge is 0.278 e. The Kier molecular flexibility index (Phi) is 3.42. The minimum Gasteiger partial charge on any atom is -0.338 e. The van der Waals surface area contributed by atoms with Gasteiger partial charge in [0.1, 0.15) is 11.6 Å². The van der Waals surface area contributed by atoms with Gasteiger partial charge in [0.25, 0.3) is 11.5 Å². The fourth-order valence-electron chi connectivity index (χ4n) is 2.01. The van der Waals surface area contributed by atoms with Crippen LogP contribution in [0.3, 0.4) is 0 Å². The molecule has 0 spiro atoms. The highest BCUT2D eigenvalue weighted by Gasteiger charge is 2.20. The Balaban J connectivity index is 1.91. The molecule has 0 radical (unpaired) electrons. The van der Waals surface area contributed by atoms with Crippen molar-refractivity contribution in [2.75, 3.05) is 5.32 Å². The van der Waals surface area contributed by atoms with Crippen LogP contribution in [0.25, 0.3) is 10.9 Å². The van der Waals surface area contributed by atoms with Gasteiger partial charge in [0, 0.05) is 6.07 Å². The summed E-state index contributed by atoms with van der Waals surface area (Å²) in [6.07, 6.45) is 0. The van der Waals surface area contributed by atoms with Crippen molar-refractivity contribution in [1.29, 1.82) is 0 Å². The van der Waals surface area contributed by atoms with E-state index < -0.39 is 11.9 Å². The molecule has 0 saturated heterocycles. The summed E-state index contributed by atoms with van der Waals surface area (Å²) in [7, 11) is 0. The quantitative estimate of drug-likeness (QED) is 0.781. The van der Waals surface area contributed by atoms with Crippen LogP contribution < -0.4 is 10.9 Å². The van der Waals surface area contributed by atoms with Gasteiger partial charge in [-0.1, -0.05) is 22.5 Å². The summed E-state index contributed by atoms with van der Waals surface area (Å²) >= 11 is 0. The van der Waals surface area contributed by atoms with Crippen molar-refractivity contribution in [2.45, 2.75) is 19.9 Å². The van der Waals surface area contributed by atoms with E-state index in [0.29, 0.717) is 16.6 Å². The van der Waals surface area contributed by atoms with Crippen LogP contribution in [0.15, 0.2) is 39.6 Å². The standard InChI is InChI=1S/C14H13N5O3/c1-8-7-12(22-17-8)15-13(20)9(2)19-14(21)10-5-3-4-6-11(10)16-18-19/h3-7,9H,1-2H3,(H,15,20)/t9-/m1/s1. The van der Waals surface area contributed by atoms with Gasteiger partial charge in [0.05, 0.1) is 11.1 Å². The molecule has 0 aliphatic heterocycles. The number of aromatic nitrogens is 4. The van der Waals surface area contributed by atoms with Gasteiger partial charge in [-0.05, 0) is 26.0 Å². The third kappa shape index (κ3) is 2.46. The summed E-state index contributed by atoms with van der Waals surface area (Å²) in [6, 6.07) is 7.58. The highest BCUT2D eigenvalue weighted by Crippen LogP contribution is 2.12. The first-order chi connectivity index (χ1) is 10.6. The number of benzene rings is 1. The molecule has 1 amide bonds. The second-order valence-corrected chi connectivity index (χ2v) is 4.85. The number of nitrogens with one attached hydrogen (secondary N) is 1. The molecule has 8 nitrogen and oxygen atoms in total. The average Bonchev–Trinajstić information content (AvgIpc) is 2.92. The predicted molar refractivity (Wildman–Crippen MR) is 78.4 cm³/mol. The zero-order valence-electron chi connectivity index (χ0n) is 12.0. The summed E-state index contributed by atoms with van der Waals surface area (Å²) in [5.74, 6) is -0.223. The lowest BCUT2D eigenvalue weighted by Crippen LogP contribution is -2.34. The number of nitrogens with zero attached hydrogens (tertiary/aromatic N) is 4. The molecule has 1 aromatic carbocycles. The van der Waals surface area contributed by atoms with Crippen molar-refractivity contribution < 1.29 is 9.32 Å². The summed E-state index contributed by atoms with van der Waals surface area (Å²) in [6.45, 7) is 3.30. The lowest BCUT2D eigenvalue weighted by Gasteiger charge is -2.12. The Labute approximate surface area is 124 Å². The van der Waals surface area contributed by atoms with E-state index in [4.69, 9.17) is 4.52 Å². The fraction of sp³-hybridized carbons (Fsp3) is 0.214. The summed E-state index contributed by atoms with van der Waals surface area (Å²) in [5, 5.41) is 14.4. The molecule has 3 rings (SSSR count). The van der Waals surface area contributed by atoms with Crippen LogP contribution in [0, 0.1) is 6.92 Å². The molecule has 0 aliphatic carbocycles. The highest BCUT2D eigenvalue weighted by molar-refractivity contribution is 5.92. The molecule has 0 unspecified atom stereocenters. The minimum absolute atomic E-state index is 0.219. The van der Waals surface area contributed by atoms with E-state index >= 15 is 0 Å². The van der Waals surface area contributed by atoms with Crippen LogP contribution in [-0.2, 0) is 4.79 Å². The van der Waals surface area contributed by atoms with Crippen molar-refractivity contribution in [3.05, 3.63) is 46.4 Å². The molecule has 112 valence electrons. The number of carbonyl (C=O) groups excluding carboxylic acids is 1. The normalized spacial score (nSPS) is 12.3. The molecule has 0 aliphatic rings. The van der Waals surface area contributed by atoms with Gasteiger partial charge in [0.2, 0.25) is 5.88 Å². The summed E-state index contributed by atoms with van der Waals surface area (Å²) in [4.78, 5) is 24.6. The van der Waals surface area contributed by atoms with Gasteiger partial charge in [-0.3, -0.25) is 14.9 Å². The zero-order valence-corrected chi connectivity index (χ0v) is 12.0. The van der Waals surface area contributed by atoms with Gasteiger partial charge >= 0.3 is 0 Å². The lowest BCUT2D eigenvalue weighted by atomic mass is 10.2. The molecule has 1 N–H and O–H groups in total. The third-order valence-electron chi connectivity index (χ3n) is 3.21. The van der Waals surface area contributed by atoms with E-state index in [1.54, 1.807) is 44.2 Å². The molecular weight excluding hydrogens is 286 g/mol. The van der Waals surface area contributed by atoms with Crippen molar-refractivity contribution in [2.24, 2.45) is 0 Å². The van der Waals surface area contributed by atoms with Crippen LogP contribution in [0.2, 0.25) is 0 Å². The summed E-state index contributed by atoms with van der Waals surface area (Å²) in [5.41, 5.74) is 0.759. The van der Waals surface area contributed by atoms with Crippen molar-refractivity contribution in [1.82, 2.24) is 20.2 Å². The first-order valence-corrected chi connectivity index (χ1v) is 6.64. The van der Waals surface area contributed by atoms with Gasteiger partial charge < -0.3 is 4.52 Å². The highest BCUT2D eigenvalue weighted by atomic mass is 16.5. The molecule has 2 heterocycles. The van der Waals surface area contributed by atoms with Gasteiger partial charge in [-0.15, -0.1) is 5.10 Å². The fourth-order valence-corrected chi connectivity index (χ4v) is 2.01. The van der Waals surface area contributed by atoms with E-state index in [9.17, 15) is 9.59 Å². The van der Waals surface area contributed by atoms with E-state index in [1.165, 1.54) is 0 Å². The first kappa shape index (κ1) is 13.9. The van der Waals surface area contributed by atoms with Gasteiger partial charge in [0.15, 0.2) is 0 Å². The maximum Gasteiger partial charge on any atom is 0.278 e. The zero-order chi connectivity index (χ0) is 15.7. The molecule has 22 heavy (non-hydrogen) atoms. The van der Waals surface area contributed by atoms with Crippen LogP contribution in [-0.4, -0.2) is 26.1 Å². The number of carbonyl (C=O) groups is 1. The Bertz CT molecular complexity index is 899. The number of amides is 1. The van der Waals surface area contributed by atoms with E-state index in [-0.39, 0.29) is 11.4 Å². The number of anilines is 1. The number of hydrogen-bond acceptors (Lipinski definition) is 6. The van der Waals surface area contributed by atoms with E-state index in [1.807, 2.05) is 0 Å². The van der Waals surface area contributed by atoms with E-state index in [0.717, 1.165) is 4.68 Å². The summed E-state index contributed by atoms with van der Waals surface area (Å²) < 4.78 is 5.96. The molecule has 2 aromatic heterocycles. The van der Waals surface area contributed by atoms with Crippen LogP contribution in [0.1, 0.15) is 18.7 Å². The topological polar surface area (TPSA) is 103 Å². The SMILES string of the molecule is Cc1cc(NC(=O)[C@@H](C)n2nnc3ccccc3c2=O)on1. The second kappa shape index (κ2) is 5.40. The third-order valence-corrected chi connectivity index (χ3v) is 3.21. The van der Waals surface area contributed by atoms with Gasteiger partial charge in [-0.2, -0.15) is 4.68 Å². The largest absolute Gasteiger partial charge is 0.338 e. The molecule has 3 aromatic rings. The average molecular weight is 299 g/mol. The predicted octanol–water partition coefficient (Wildman–Crippen LogP) is 1.29. The van der Waals surface area contributed by atoms with Crippen molar-refractivity contribution >= 4 is 22.7 Å². The molecule has 0 fully saturated rings. The molecule has 0 bridgehead atoms. The number of rotatable bonds is 3. The second-order valence-electron chi connectivity index (χ2n) is 4.85.